The van der Waals surface area contributed by atoms with E-state index >= 15 is 0 Å². The summed E-state index contributed by atoms with van der Waals surface area (Å²) in [6.07, 6.45) is 1.89. The van der Waals surface area contributed by atoms with Gasteiger partial charge in [-0.2, -0.15) is 0 Å². The van der Waals surface area contributed by atoms with Gasteiger partial charge in [-0.05, 0) is 29.3 Å². The first-order valence-corrected chi connectivity index (χ1v) is 11.9. The van der Waals surface area contributed by atoms with Gasteiger partial charge in [-0.1, -0.05) is 72.8 Å². The smallest absolute Gasteiger partial charge is 0.171 e. The van der Waals surface area contributed by atoms with E-state index in [9.17, 15) is 8.78 Å². The molecule has 38 heavy (non-hydrogen) atoms. The lowest BCUT2D eigenvalue weighted by Crippen LogP contribution is -2.21. The molecule has 0 atom stereocenters. The van der Waals surface area contributed by atoms with E-state index in [-0.39, 0.29) is 22.7 Å². The molecule has 6 rings (SSSR count). The minimum absolute atomic E-state index is 0.0714. The number of aromatic nitrogens is 1. The fourth-order valence-corrected chi connectivity index (χ4v) is 4.88. The van der Waals surface area contributed by atoms with Crippen LogP contribution in [0.25, 0.3) is 44.9 Å². The van der Waals surface area contributed by atoms with Crippen molar-refractivity contribution in [1.82, 2.24) is 4.98 Å². The second kappa shape index (κ2) is 8.74. The number of halogens is 2. The summed E-state index contributed by atoms with van der Waals surface area (Å²) in [6, 6.07) is 25.4. The molecule has 0 saturated heterocycles. The topological polar surface area (TPSA) is 113 Å². The SMILES string of the molecule is N=C1C(=N)c2c(c(-c3ccccc3)nc3ccccc23)C=C1c1ccc(-c2cc(N)c(F)c(N)c2F)cc1. The minimum Gasteiger partial charge on any atom is -0.396 e. The molecular formula is C31H21F2N5. The van der Waals surface area contributed by atoms with Gasteiger partial charge in [0.2, 0.25) is 0 Å². The molecule has 0 amide bonds. The van der Waals surface area contributed by atoms with Crippen LogP contribution in [0.15, 0.2) is 84.9 Å². The first kappa shape index (κ1) is 23.2. The molecule has 1 aliphatic rings. The summed E-state index contributed by atoms with van der Waals surface area (Å²) < 4.78 is 28.6. The Morgan fingerprint density at radius 2 is 1.34 bits per heavy atom. The molecule has 0 spiro atoms. The summed E-state index contributed by atoms with van der Waals surface area (Å²) in [6.45, 7) is 0. The number of pyridine rings is 1. The van der Waals surface area contributed by atoms with Gasteiger partial charge in [0.15, 0.2) is 11.6 Å². The quantitative estimate of drug-likeness (QED) is 0.201. The minimum atomic E-state index is -0.976. The normalized spacial score (nSPS) is 12.9. The number of nitrogens with one attached hydrogen (secondary N) is 2. The predicted molar refractivity (Wildman–Crippen MR) is 150 cm³/mol. The van der Waals surface area contributed by atoms with Crippen LogP contribution in [-0.4, -0.2) is 16.4 Å². The third kappa shape index (κ3) is 3.56. The molecule has 184 valence electrons. The van der Waals surface area contributed by atoms with Gasteiger partial charge in [0.25, 0.3) is 0 Å². The van der Waals surface area contributed by atoms with Crippen molar-refractivity contribution in [3.63, 3.8) is 0 Å². The summed E-state index contributed by atoms with van der Waals surface area (Å²) in [7, 11) is 0. The van der Waals surface area contributed by atoms with Crippen molar-refractivity contribution in [3.8, 4) is 22.4 Å². The van der Waals surface area contributed by atoms with Crippen LogP contribution in [0.4, 0.5) is 20.2 Å². The Morgan fingerprint density at radius 1 is 0.684 bits per heavy atom. The molecule has 4 aromatic carbocycles. The first-order chi connectivity index (χ1) is 18.3. The Hall–Kier alpha value is -5.17. The molecule has 1 aliphatic carbocycles. The summed E-state index contributed by atoms with van der Waals surface area (Å²) in [5.41, 5.74) is 16.1. The number of hydrogen-bond acceptors (Lipinski definition) is 5. The zero-order chi connectivity index (χ0) is 26.6. The standard InChI is InChI=1S/C31H21F2N5/c32-26-20(15-23(34)27(33)30(26)37)16-10-12-17(13-11-16)21-14-22-25(29(36)28(21)35)19-8-4-5-9-24(19)38-31(22)18-6-2-1-3-7-18/h1-15,35-36H,34,37H2. The zero-order valence-corrected chi connectivity index (χ0v) is 20.0. The summed E-state index contributed by atoms with van der Waals surface area (Å²) in [5.74, 6) is -1.86. The second-order valence-electron chi connectivity index (χ2n) is 9.07. The Kier molecular flexibility index (Phi) is 5.35. The van der Waals surface area contributed by atoms with E-state index < -0.39 is 17.3 Å². The number of nitrogen functional groups attached to an aromatic ring is 2. The highest BCUT2D eigenvalue weighted by atomic mass is 19.1. The fraction of sp³-hybridized carbons (Fsp3) is 0. The number of hydrogen-bond donors (Lipinski definition) is 4. The van der Waals surface area contributed by atoms with Crippen LogP contribution in [0.2, 0.25) is 0 Å². The van der Waals surface area contributed by atoms with E-state index in [1.54, 1.807) is 24.3 Å². The summed E-state index contributed by atoms with van der Waals surface area (Å²) in [5, 5.41) is 18.6. The van der Waals surface area contributed by atoms with Crippen LogP contribution in [0, 0.1) is 22.5 Å². The van der Waals surface area contributed by atoms with Gasteiger partial charge in [-0.15, -0.1) is 0 Å². The molecule has 5 nitrogen and oxygen atoms in total. The molecule has 6 N–H and O–H groups in total. The second-order valence-corrected chi connectivity index (χ2v) is 9.07. The number of nitrogens with zero attached hydrogens (tertiary/aromatic N) is 1. The zero-order valence-electron chi connectivity index (χ0n) is 20.0. The maximum Gasteiger partial charge on any atom is 0.171 e. The Balaban J connectivity index is 1.52. The number of allylic oxidation sites excluding steroid dienone is 1. The number of anilines is 2. The molecule has 5 aromatic rings. The molecule has 1 aromatic heterocycles. The van der Waals surface area contributed by atoms with E-state index in [1.165, 1.54) is 6.07 Å². The molecule has 0 fully saturated rings. The van der Waals surface area contributed by atoms with Gasteiger partial charge >= 0.3 is 0 Å². The van der Waals surface area contributed by atoms with Crippen LogP contribution in [0.5, 0.6) is 0 Å². The van der Waals surface area contributed by atoms with Crippen LogP contribution < -0.4 is 11.5 Å². The van der Waals surface area contributed by atoms with Crippen molar-refractivity contribution in [3.05, 3.63) is 113 Å². The maximum atomic E-state index is 14.7. The number of fused-ring (bicyclic) bond motifs is 3. The number of rotatable bonds is 3. The Bertz CT molecular complexity index is 1820. The number of benzene rings is 4. The molecule has 1 heterocycles. The monoisotopic (exact) mass is 501 g/mol. The summed E-state index contributed by atoms with van der Waals surface area (Å²) >= 11 is 0. The number of nitrogens with two attached hydrogens (primary N) is 2. The van der Waals surface area contributed by atoms with Gasteiger partial charge in [0.05, 0.1) is 28.3 Å². The lowest BCUT2D eigenvalue weighted by atomic mass is 9.82. The van der Waals surface area contributed by atoms with E-state index in [2.05, 4.69) is 0 Å². The van der Waals surface area contributed by atoms with E-state index in [1.807, 2.05) is 60.7 Å². The predicted octanol–water partition coefficient (Wildman–Crippen LogP) is 6.95. The molecular weight excluding hydrogens is 480 g/mol. The lowest BCUT2D eigenvalue weighted by Gasteiger charge is -2.23. The average molecular weight is 502 g/mol. The van der Waals surface area contributed by atoms with Crippen LogP contribution in [0.3, 0.4) is 0 Å². The Labute approximate surface area is 217 Å². The van der Waals surface area contributed by atoms with E-state index in [0.717, 1.165) is 27.7 Å². The molecule has 0 bridgehead atoms. The molecule has 0 unspecified atom stereocenters. The molecule has 7 heteroatoms. The Morgan fingerprint density at radius 3 is 2.08 bits per heavy atom. The lowest BCUT2D eigenvalue weighted by molar-refractivity contribution is 0.597. The molecule has 0 radical (unpaired) electrons. The first-order valence-electron chi connectivity index (χ1n) is 11.9. The third-order valence-corrected chi connectivity index (χ3v) is 6.80. The van der Waals surface area contributed by atoms with Crippen molar-refractivity contribution in [1.29, 1.82) is 10.8 Å². The molecule has 0 aliphatic heterocycles. The van der Waals surface area contributed by atoms with Crippen molar-refractivity contribution < 1.29 is 8.78 Å². The van der Waals surface area contributed by atoms with Gasteiger partial charge in [0.1, 0.15) is 5.69 Å². The van der Waals surface area contributed by atoms with Crippen molar-refractivity contribution in [2.24, 2.45) is 0 Å². The van der Waals surface area contributed by atoms with Gasteiger partial charge in [-0.25, -0.2) is 13.8 Å². The largest absolute Gasteiger partial charge is 0.396 e. The fourth-order valence-electron chi connectivity index (χ4n) is 4.88. The van der Waals surface area contributed by atoms with Crippen LogP contribution in [0.1, 0.15) is 16.7 Å². The van der Waals surface area contributed by atoms with E-state index in [0.29, 0.717) is 22.3 Å². The number of para-hydroxylation sites is 1. The third-order valence-electron chi connectivity index (χ3n) is 6.80. The summed E-state index contributed by atoms with van der Waals surface area (Å²) in [4.78, 5) is 4.93. The maximum absolute atomic E-state index is 14.7. The van der Waals surface area contributed by atoms with Crippen molar-refractivity contribution in [2.45, 2.75) is 0 Å². The van der Waals surface area contributed by atoms with Gasteiger partial charge in [0, 0.05) is 33.2 Å². The van der Waals surface area contributed by atoms with Crippen molar-refractivity contribution in [2.75, 3.05) is 11.5 Å². The van der Waals surface area contributed by atoms with E-state index in [4.69, 9.17) is 27.3 Å². The molecule has 0 saturated carbocycles. The van der Waals surface area contributed by atoms with Crippen LogP contribution >= 0.6 is 0 Å². The van der Waals surface area contributed by atoms with Gasteiger partial charge < -0.3 is 11.5 Å². The highest BCUT2D eigenvalue weighted by Gasteiger charge is 2.28. The average Bonchev–Trinajstić information content (AvgIpc) is 2.95. The van der Waals surface area contributed by atoms with Gasteiger partial charge in [-0.3, -0.25) is 10.8 Å². The van der Waals surface area contributed by atoms with Crippen LogP contribution in [-0.2, 0) is 0 Å². The highest BCUT2D eigenvalue weighted by molar-refractivity contribution is 6.64. The van der Waals surface area contributed by atoms with Crippen molar-refractivity contribution >= 4 is 45.4 Å². The highest BCUT2D eigenvalue weighted by Crippen LogP contribution is 2.38.